The van der Waals surface area contributed by atoms with E-state index in [0.29, 0.717) is 0 Å². The number of benzene rings is 1. The van der Waals surface area contributed by atoms with Crippen LogP contribution in [-0.4, -0.2) is 37.1 Å². The van der Waals surface area contributed by atoms with Gasteiger partial charge in [-0.05, 0) is 31.5 Å². The largest absolute Gasteiger partial charge is 0.368 e. The minimum absolute atomic E-state index is 0.0318. The molecule has 0 N–H and O–H groups in total. The normalized spacial score (nSPS) is 17.6. The van der Waals surface area contributed by atoms with E-state index in [-0.39, 0.29) is 6.04 Å². The van der Waals surface area contributed by atoms with E-state index in [1.54, 1.807) is 0 Å². The molecule has 0 aliphatic carbocycles. The third kappa shape index (κ3) is 2.86. The Kier molecular flexibility index (Phi) is 4.04. The number of nitriles is 2. The molecular weight excluding hydrogens is 236 g/mol. The van der Waals surface area contributed by atoms with Crippen molar-refractivity contribution in [2.75, 3.05) is 31.1 Å². The standard InChI is InChI=1S/C15H18N4/c1-12-3-4-15(14(9-12)11-17)19-7-5-18(6-8-19)13(2)10-16/h3-4,9,13H,5-8H2,1-2H3. The maximum Gasteiger partial charge on any atom is 0.101 e. The number of anilines is 1. The second-order valence-electron chi connectivity index (χ2n) is 4.96. The van der Waals surface area contributed by atoms with Crippen LogP contribution >= 0.6 is 0 Å². The van der Waals surface area contributed by atoms with Crippen LogP contribution in [0.5, 0.6) is 0 Å². The van der Waals surface area contributed by atoms with Gasteiger partial charge in [-0.3, -0.25) is 4.90 Å². The maximum absolute atomic E-state index is 9.22. The van der Waals surface area contributed by atoms with Crippen molar-refractivity contribution in [1.29, 1.82) is 10.5 Å². The fraction of sp³-hybridized carbons (Fsp3) is 0.467. The molecule has 1 aliphatic heterocycles. The van der Waals surface area contributed by atoms with E-state index in [2.05, 4.69) is 21.9 Å². The molecule has 2 rings (SSSR count). The monoisotopic (exact) mass is 254 g/mol. The Bertz CT molecular complexity index is 530. The molecule has 0 saturated carbocycles. The predicted molar refractivity (Wildman–Crippen MR) is 74.8 cm³/mol. The average Bonchev–Trinajstić information content (AvgIpc) is 2.46. The Morgan fingerprint density at radius 3 is 2.42 bits per heavy atom. The van der Waals surface area contributed by atoms with Gasteiger partial charge in [0.2, 0.25) is 0 Å². The first-order chi connectivity index (χ1) is 9.15. The Hall–Kier alpha value is -2.04. The van der Waals surface area contributed by atoms with Gasteiger partial charge in [-0.25, -0.2) is 0 Å². The van der Waals surface area contributed by atoms with Crippen molar-refractivity contribution in [3.05, 3.63) is 29.3 Å². The summed E-state index contributed by atoms with van der Waals surface area (Å²) < 4.78 is 0. The summed E-state index contributed by atoms with van der Waals surface area (Å²) in [6.07, 6.45) is 0. The molecule has 0 spiro atoms. The number of hydrogen-bond acceptors (Lipinski definition) is 4. The van der Waals surface area contributed by atoms with Crippen LogP contribution < -0.4 is 4.90 Å². The van der Waals surface area contributed by atoms with Crippen LogP contribution in [-0.2, 0) is 0 Å². The Balaban J connectivity index is 2.11. The summed E-state index contributed by atoms with van der Waals surface area (Å²) in [6.45, 7) is 7.40. The summed E-state index contributed by atoms with van der Waals surface area (Å²) in [5, 5.41) is 18.2. The van der Waals surface area contributed by atoms with Crippen LogP contribution in [0.2, 0.25) is 0 Å². The van der Waals surface area contributed by atoms with E-state index in [0.717, 1.165) is 43.0 Å². The number of hydrogen-bond donors (Lipinski definition) is 0. The van der Waals surface area contributed by atoms with Gasteiger partial charge in [-0.15, -0.1) is 0 Å². The van der Waals surface area contributed by atoms with E-state index in [1.165, 1.54) is 0 Å². The summed E-state index contributed by atoms with van der Waals surface area (Å²) in [7, 11) is 0. The molecule has 1 fully saturated rings. The molecule has 0 amide bonds. The molecule has 4 nitrogen and oxygen atoms in total. The minimum Gasteiger partial charge on any atom is -0.368 e. The lowest BCUT2D eigenvalue weighted by Gasteiger charge is -2.37. The molecule has 0 bridgehead atoms. The highest BCUT2D eigenvalue weighted by Crippen LogP contribution is 2.23. The van der Waals surface area contributed by atoms with Crippen LogP contribution in [0.25, 0.3) is 0 Å². The van der Waals surface area contributed by atoms with Crippen LogP contribution in [0.3, 0.4) is 0 Å². The second kappa shape index (κ2) is 5.73. The fourth-order valence-electron chi connectivity index (χ4n) is 2.45. The van der Waals surface area contributed by atoms with Crippen molar-refractivity contribution in [3.63, 3.8) is 0 Å². The minimum atomic E-state index is -0.0318. The van der Waals surface area contributed by atoms with Crippen LogP contribution in [0.4, 0.5) is 5.69 Å². The number of nitrogens with zero attached hydrogens (tertiary/aromatic N) is 4. The van der Waals surface area contributed by atoms with Crippen molar-refractivity contribution >= 4 is 5.69 Å². The zero-order chi connectivity index (χ0) is 13.8. The van der Waals surface area contributed by atoms with Gasteiger partial charge in [0.25, 0.3) is 0 Å². The van der Waals surface area contributed by atoms with Crippen molar-refractivity contribution in [2.24, 2.45) is 0 Å². The van der Waals surface area contributed by atoms with E-state index < -0.39 is 0 Å². The first-order valence-corrected chi connectivity index (χ1v) is 6.55. The summed E-state index contributed by atoms with van der Waals surface area (Å²) in [6, 6.07) is 10.5. The fourth-order valence-corrected chi connectivity index (χ4v) is 2.45. The zero-order valence-electron chi connectivity index (χ0n) is 11.4. The lowest BCUT2D eigenvalue weighted by atomic mass is 10.1. The van der Waals surface area contributed by atoms with Gasteiger partial charge in [-0.1, -0.05) is 6.07 Å². The third-order valence-corrected chi connectivity index (χ3v) is 3.66. The van der Waals surface area contributed by atoms with E-state index in [4.69, 9.17) is 5.26 Å². The molecule has 1 aromatic rings. The van der Waals surface area contributed by atoms with Gasteiger partial charge >= 0.3 is 0 Å². The lowest BCUT2D eigenvalue weighted by molar-refractivity contribution is 0.231. The number of piperazine rings is 1. The molecular formula is C15H18N4. The Morgan fingerprint density at radius 2 is 1.84 bits per heavy atom. The predicted octanol–water partition coefficient (Wildman–Crippen LogP) is 1.90. The first kappa shape index (κ1) is 13.4. The topological polar surface area (TPSA) is 54.1 Å². The van der Waals surface area contributed by atoms with Gasteiger partial charge in [-0.2, -0.15) is 10.5 Å². The summed E-state index contributed by atoms with van der Waals surface area (Å²) in [5.74, 6) is 0. The molecule has 1 aromatic carbocycles. The van der Waals surface area contributed by atoms with Gasteiger partial charge in [0, 0.05) is 26.2 Å². The van der Waals surface area contributed by atoms with Crippen LogP contribution in [0.15, 0.2) is 18.2 Å². The van der Waals surface area contributed by atoms with Crippen molar-refractivity contribution in [1.82, 2.24) is 4.90 Å². The van der Waals surface area contributed by atoms with Gasteiger partial charge in [0.1, 0.15) is 6.07 Å². The zero-order valence-corrected chi connectivity index (χ0v) is 11.4. The third-order valence-electron chi connectivity index (χ3n) is 3.66. The Labute approximate surface area is 114 Å². The summed E-state index contributed by atoms with van der Waals surface area (Å²) in [5.41, 5.74) is 2.86. The van der Waals surface area contributed by atoms with E-state index >= 15 is 0 Å². The number of rotatable bonds is 2. The highest BCUT2D eigenvalue weighted by Gasteiger charge is 2.22. The first-order valence-electron chi connectivity index (χ1n) is 6.55. The van der Waals surface area contributed by atoms with Gasteiger partial charge in [0.15, 0.2) is 0 Å². The molecule has 19 heavy (non-hydrogen) atoms. The molecule has 98 valence electrons. The van der Waals surface area contributed by atoms with Gasteiger partial charge in [0.05, 0.1) is 23.4 Å². The Morgan fingerprint density at radius 1 is 1.16 bits per heavy atom. The highest BCUT2D eigenvalue weighted by molar-refractivity contribution is 5.60. The number of aryl methyl sites for hydroxylation is 1. The van der Waals surface area contributed by atoms with Crippen LogP contribution in [0, 0.1) is 29.6 Å². The molecule has 0 aromatic heterocycles. The smallest absolute Gasteiger partial charge is 0.101 e. The van der Waals surface area contributed by atoms with Crippen molar-refractivity contribution in [2.45, 2.75) is 19.9 Å². The van der Waals surface area contributed by atoms with Crippen molar-refractivity contribution < 1.29 is 0 Å². The molecule has 1 aliphatic rings. The SMILES string of the molecule is Cc1ccc(N2CCN(C(C)C#N)CC2)c(C#N)c1. The molecule has 1 atom stereocenters. The maximum atomic E-state index is 9.22. The van der Waals surface area contributed by atoms with E-state index in [1.807, 2.05) is 32.0 Å². The quantitative estimate of drug-likeness (QED) is 0.809. The van der Waals surface area contributed by atoms with Crippen molar-refractivity contribution in [3.8, 4) is 12.1 Å². The summed E-state index contributed by atoms with van der Waals surface area (Å²) in [4.78, 5) is 4.41. The van der Waals surface area contributed by atoms with Gasteiger partial charge < -0.3 is 4.90 Å². The molecule has 1 unspecified atom stereocenters. The van der Waals surface area contributed by atoms with Crippen LogP contribution in [0.1, 0.15) is 18.1 Å². The molecule has 1 heterocycles. The summed E-state index contributed by atoms with van der Waals surface area (Å²) >= 11 is 0. The second-order valence-corrected chi connectivity index (χ2v) is 4.96. The highest BCUT2D eigenvalue weighted by atomic mass is 15.3. The molecule has 0 radical (unpaired) electrons. The average molecular weight is 254 g/mol. The lowest BCUT2D eigenvalue weighted by Crippen LogP contribution is -2.49. The van der Waals surface area contributed by atoms with E-state index in [9.17, 15) is 5.26 Å². The molecule has 4 heteroatoms. The molecule has 1 saturated heterocycles.